The Morgan fingerprint density at radius 3 is 2.54 bits per heavy atom. The first-order valence-electron chi connectivity index (χ1n) is 8.14. The standard InChI is InChI=1S/C18H18ClN3O4/c19-10-3-1-9(2-4-10)11-7-22(17-14(11)12(20)5-6-21-17)18-16(25)15(24)13(8-23)26-18/h1-7,13,15-16,18,23-25H,8H2,(H2,20,21)/t13-,15-,16-,18-/m1/s1. The SMILES string of the molecule is Nc1ccnc2c1c(-c1ccc(Cl)cc1)cn2[C@@H]1O[C@H](CO)[C@@H](O)[C@H]1O. The minimum absolute atomic E-state index is 0.395. The van der Waals surface area contributed by atoms with Gasteiger partial charge in [0.2, 0.25) is 0 Å². The molecule has 3 heterocycles. The highest BCUT2D eigenvalue weighted by atomic mass is 35.5. The van der Waals surface area contributed by atoms with Crippen molar-refractivity contribution in [3.63, 3.8) is 0 Å². The van der Waals surface area contributed by atoms with E-state index in [4.69, 9.17) is 22.1 Å². The second kappa shape index (κ2) is 6.53. The van der Waals surface area contributed by atoms with Crippen molar-refractivity contribution in [3.05, 3.63) is 47.7 Å². The van der Waals surface area contributed by atoms with Crippen molar-refractivity contribution in [2.75, 3.05) is 12.3 Å². The topological polar surface area (TPSA) is 114 Å². The Labute approximate surface area is 154 Å². The quantitative estimate of drug-likeness (QED) is 0.552. The number of nitrogens with zero attached hydrogens (tertiary/aromatic N) is 2. The highest BCUT2D eigenvalue weighted by Crippen LogP contribution is 2.38. The molecular formula is C18H18ClN3O4. The fourth-order valence-electron chi connectivity index (χ4n) is 3.35. The van der Waals surface area contributed by atoms with Crippen LogP contribution < -0.4 is 5.73 Å². The molecule has 1 aromatic carbocycles. The number of hydrogen-bond acceptors (Lipinski definition) is 6. The summed E-state index contributed by atoms with van der Waals surface area (Å²) < 4.78 is 7.29. The Kier molecular flexibility index (Phi) is 4.34. The molecule has 136 valence electrons. The largest absolute Gasteiger partial charge is 0.398 e. The van der Waals surface area contributed by atoms with Gasteiger partial charge in [-0.2, -0.15) is 0 Å². The molecule has 26 heavy (non-hydrogen) atoms. The first-order chi connectivity index (χ1) is 12.5. The number of aliphatic hydroxyl groups excluding tert-OH is 3. The van der Waals surface area contributed by atoms with Crippen LogP contribution in [0.4, 0.5) is 5.69 Å². The summed E-state index contributed by atoms with van der Waals surface area (Å²) in [6.07, 6.45) is -0.808. The highest BCUT2D eigenvalue weighted by molar-refractivity contribution is 6.30. The van der Waals surface area contributed by atoms with Crippen molar-refractivity contribution in [2.45, 2.75) is 24.5 Å². The van der Waals surface area contributed by atoms with Crippen LogP contribution in [0, 0.1) is 0 Å². The molecule has 5 N–H and O–H groups in total. The van der Waals surface area contributed by atoms with Crippen LogP contribution in [-0.2, 0) is 4.74 Å². The molecule has 3 aromatic rings. The van der Waals surface area contributed by atoms with E-state index in [2.05, 4.69) is 4.98 Å². The van der Waals surface area contributed by atoms with Gasteiger partial charge in [0, 0.05) is 34.1 Å². The number of rotatable bonds is 3. The molecule has 0 radical (unpaired) electrons. The van der Waals surface area contributed by atoms with Gasteiger partial charge in [0.05, 0.1) is 6.61 Å². The fourth-order valence-corrected chi connectivity index (χ4v) is 3.48. The molecule has 0 aliphatic carbocycles. The zero-order chi connectivity index (χ0) is 18.4. The number of anilines is 1. The molecule has 0 bridgehead atoms. The average molecular weight is 376 g/mol. The van der Waals surface area contributed by atoms with Gasteiger partial charge in [0.1, 0.15) is 24.0 Å². The smallest absolute Gasteiger partial charge is 0.164 e. The fraction of sp³-hybridized carbons (Fsp3) is 0.278. The average Bonchev–Trinajstić information content (AvgIpc) is 3.15. The highest BCUT2D eigenvalue weighted by Gasteiger charge is 2.44. The van der Waals surface area contributed by atoms with Crippen molar-refractivity contribution in [1.82, 2.24) is 9.55 Å². The molecule has 0 unspecified atom stereocenters. The van der Waals surface area contributed by atoms with E-state index in [1.165, 1.54) is 0 Å². The Morgan fingerprint density at radius 1 is 1.15 bits per heavy atom. The van der Waals surface area contributed by atoms with Gasteiger partial charge in [-0.15, -0.1) is 0 Å². The summed E-state index contributed by atoms with van der Waals surface area (Å²) in [5, 5.41) is 31.1. The van der Waals surface area contributed by atoms with E-state index in [9.17, 15) is 15.3 Å². The lowest BCUT2D eigenvalue weighted by molar-refractivity contribution is -0.0508. The molecule has 4 rings (SSSR count). The lowest BCUT2D eigenvalue weighted by atomic mass is 10.1. The van der Waals surface area contributed by atoms with Gasteiger partial charge in [-0.05, 0) is 23.8 Å². The zero-order valence-corrected chi connectivity index (χ0v) is 14.4. The molecule has 1 aliphatic rings. The first-order valence-corrected chi connectivity index (χ1v) is 8.52. The van der Waals surface area contributed by atoms with Crippen LogP contribution >= 0.6 is 11.6 Å². The van der Waals surface area contributed by atoms with E-state index in [1.807, 2.05) is 12.1 Å². The van der Waals surface area contributed by atoms with E-state index < -0.39 is 31.1 Å². The monoisotopic (exact) mass is 375 g/mol. The van der Waals surface area contributed by atoms with E-state index in [0.717, 1.165) is 11.1 Å². The molecule has 1 aliphatic heterocycles. The van der Waals surface area contributed by atoms with E-state index >= 15 is 0 Å². The van der Waals surface area contributed by atoms with Crippen LogP contribution in [0.3, 0.4) is 0 Å². The van der Waals surface area contributed by atoms with Crippen LogP contribution in [0.5, 0.6) is 0 Å². The van der Waals surface area contributed by atoms with Crippen LogP contribution in [0.1, 0.15) is 6.23 Å². The van der Waals surface area contributed by atoms with E-state index in [1.54, 1.807) is 35.2 Å². The summed E-state index contributed by atoms with van der Waals surface area (Å²) in [4.78, 5) is 4.38. The van der Waals surface area contributed by atoms with Crippen molar-refractivity contribution >= 4 is 28.3 Å². The van der Waals surface area contributed by atoms with Gasteiger partial charge in [0.25, 0.3) is 0 Å². The second-order valence-corrected chi connectivity index (χ2v) is 6.72. The summed E-state index contributed by atoms with van der Waals surface area (Å²) in [5.41, 5.74) is 8.92. The number of halogens is 1. The van der Waals surface area contributed by atoms with Crippen molar-refractivity contribution in [3.8, 4) is 11.1 Å². The van der Waals surface area contributed by atoms with Gasteiger partial charge in [0.15, 0.2) is 6.23 Å². The minimum atomic E-state index is -1.20. The maximum atomic E-state index is 10.4. The lowest BCUT2D eigenvalue weighted by Gasteiger charge is -2.17. The third kappa shape index (κ3) is 2.65. The molecule has 0 saturated carbocycles. The van der Waals surface area contributed by atoms with Crippen LogP contribution in [0.25, 0.3) is 22.2 Å². The van der Waals surface area contributed by atoms with Gasteiger partial charge in [-0.1, -0.05) is 23.7 Å². The number of nitrogens with two attached hydrogens (primary N) is 1. The van der Waals surface area contributed by atoms with Crippen LogP contribution in [-0.4, -0.2) is 49.8 Å². The summed E-state index contributed by atoms with van der Waals surface area (Å²) in [5.74, 6) is 0. The van der Waals surface area contributed by atoms with Gasteiger partial charge in [-0.25, -0.2) is 4.98 Å². The molecule has 1 fully saturated rings. The number of fused-ring (bicyclic) bond motifs is 1. The number of aliphatic hydroxyl groups is 3. The molecular weight excluding hydrogens is 358 g/mol. The molecule has 2 aromatic heterocycles. The Balaban J connectivity index is 1.89. The Morgan fingerprint density at radius 2 is 1.88 bits per heavy atom. The van der Waals surface area contributed by atoms with Gasteiger partial charge in [-0.3, -0.25) is 0 Å². The van der Waals surface area contributed by atoms with Gasteiger partial charge < -0.3 is 30.4 Å². The number of benzene rings is 1. The Hall–Kier alpha value is -2.16. The van der Waals surface area contributed by atoms with Gasteiger partial charge >= 0.3 is 0 Å². The maximum absolute atomic E-state index is 10.4. The van der Waals surface area contributed by atoms with Crippen molar-refractivity contribution in [1.29, 1.82) is 0 Å². The Bertz CT molecular complexity index is 944. The summed E-state index contributed by atoms with van der Waals surface area (Å²) in [6.45, 7) is -0.395. The zero-order valence-electron chi connectivity index (χ0n) is 13.7. The normalized spacial score (nSPS) is 25.8. The number of pyridine rings is 1. The van der Waals surface area contributed by atoms with E-state index in [-0.39, 0.29) is 0 Å². The molecule has 0 spiro atoms. The number of hydrogen-bond donors (Lipinski definition) is 4. The molecule has 1 saturated heterocycles. The number of ether oxygens (including phenoxy) is 1. The first kappa shape index (κ1) is 17.3. The summed E-state index contributed by atoms with van der Waals surface area (Å²) in [7, 11) is 0. The van der Waals surface area contributed by atoms with E-state index in [0.29, 0.717) is 21.7 Å². The van der Waals surface area contributed by atoms with Crippen molar-refractivity contribution in [2.24, 2.45) is 0 Å². The number of nitrogen functional groups attached to an aromatic ring is 1. The number of aromatic nitrogens is 2. The molecule has 7 nitrogen and oxygen atoms in total. The summed E-state index contributed by atoms with van der Waals surface area (Å²) in [6, 6.07) is 8.98. The summed E-state index contributed by atoms with van der Waals surface area (Å²) >= 11 is 5.98. The molecule has 4 atom stereocenters. The third-order valence-corrected chi connectivity index (χ3v) is 4.94. The van der Waals surface area contributed by atoms with Crippen LogP contribution in [0.2, 0.25) is 5.02 Å². The lowest BCUT2D eigenvalue weighted by Crippen LogP contribution is -2.33. The van der Waals surface area contributed by atoms with Crippen LogP contribution in [0.15, 0.2) is 42.7 Å². The molecule has 8 heteroatoms. The maximum Gasteiger partial charge on any atom is 0.164 e. The minimum Gasteiger partial charge on any atom is -0.398 e. The second-order valence-electron chi connectivity index (χ2n) is 6.28. The molecule has 0 amide bonds. The third-order valence-electron chi connectivity index (χ3n) is 4.69. The predicted octanol–water partition coefficient (Wildman–Crippen LogP) is 1.55. The van der Waals surface area contributed by atoms with Crippen molar-refractivity contribution < 1.29 is 20.1 Å². The predicted molar refractivity (Wildman–Crippen MR) is 97.6 cm³/mol.